The maximum Gasteiger partial charge on any atom is 0.117 e. The molecular formula is C23H28N2O. The molecule has 4 rings (SSSR count). The highest BCUT2D eigenvalue weighted by Crippen LogP contribution is 2.28. The fraction of sp³-hybridized carbons (Fsp3) is 0.391. The average molecular weight is 348 g/mol. The summed E-state index contributed by atoms with van der Waals surface area (Å²) in [5.74, 6) is 1.07. The smallest absolute Gasteiger partial charge is 0.117 e. The highest BCUT2D eigenvalue weighted by atomic mass is 16.3. The van der Waals surface area contributed by atoms with Gasteiger partial charge in [0.1, 0.15) is 5.75 Å². The molecule has 0 radical (unpaired) electrons. The number of benzene rings is 2. The number of phenolic OH excluding ortho intramolecular Hbond substituents is 1. The molecule has 1 fully saturated rings. The molecule has 26 heavy (non-hydrogen) atoms. The molecule has 2 aromatic carbocycles. The number of phenols is 1. The minimum Gasteiger partial charge on any atom is -0.508 e. The number of nitrogens with one attached hydrogen (secondary N) is 1. The van der Waals surface area contributed by atoms with E-state index < -0.39 is 0 Å². The second-order valence-corrected chi connectivity index (χ2v) is 7.53. The molecule has 2 heterocycles. The van der Waals surface area contributed by atoms with Crippen LogP contribution >= 0.6 is 0 Å². The molecule has 0 amide bonds. The van der Waals surface area contributed by atoms with E-state index >= 15 is 0 Å². The zero-order chi connectivity index (χ0) is 17.8. The lowest BCUT2D eigenvalue weighted by molar-refractivity contribution is 0.209. The van der Waals surface area contributed by atoms with E-state index in [0.717, 1.165) is 17.9 Å². The van der Waals surface area contributed by atoms with Crippen LogP contribution in [0.15, 0.2) is 54.7 Å². The molecule has 3 aromatic rings. The minimum atomic E-state index is 0.324. The first-order valence-electron chi connectivity index (χ1n) is 9.86. The van der Waals surface area contributed by atoms with Gasteiger partial charge >= 0.3 is 0 Å². The number of rotatable bonds is 6. The number of nitrogens with zero attached hydrogens (tertiary/aromatic N) is 1. The molecule has 136 valence electrons. The van der Waals surface area contributed by atoms with Crippen LogP contribution in [0.25, 0.3) is 10.9 Å². The Labute approximate surface area is 155 Å². The van der Waals surface area contributed by atoms with Crippen molar-refractivity contribution in [2.75, 3.05) is 19.6 Å². The Bertz CT molecular complexity index is 832. The monoisotopic (exact) mass is 348 g/mol. The predicted molar refractivity (Wildman–Crippen MR) is 108 cm³/mol. The van der Waals surface area contributed by atoms with Crippen LogP contribution in [0.1, 0.15) is 42.7 Å². The lowest BCUT2D eigenvalue weighted by Crippen LogP contribution is -2.33. The highest BCUT2D eigenvalue weighted by Gasteiger charge is 2.19. The molecule has 1 aliphatic heterocycles. The van der Waals surface area contributed by atoms with Crippen molar-refractivity contribution in [3.05, 3.63) is 65.9 Å². The summed E-state index contributed by atoms with van der Waals surface area (Å²) in [5, 5.41) is 10.8. The number of H-pyrrole nitrogens is 1. The number of fused-ring (bicyclic) bond motifs is 1. The Morgan fingerprint density at radius 1 is 1.00 bits per heavy atom. The summed E-state index contributed by atoms with van der Waals surface area (Å²) in [5.41, 5.74) is 3.91. The van der Waals surface area contributed by atoms with Gasteiger partial charge in [0.15, 0.2) is 0 Å². The quantitative estimate of drug-likeness (QED) is 0.610. The van der Waals surface area contributed by atoms with Gasteiger partial charge in [0.05, 0.1) is 0 Å². The second-order valence-electron chi connectivity index (χ2n) is 7.53. The highest BCUT2D eigenvalue weighted by molar-refractivity contribution is 5.84. The fourth-order valence-electron chi connectivity index (χ4n) is 4.25. The van der Waals surface area contributed by atoms with E-state index in [9.17, 15) is 5.11 Å². The zero-order valence-corrected chi connectivity index (χ0v) is 15.3. The molecule has 0 aliphatic carbocycles. The van der Waals surface area contributed by atoms with Gasteiger partial charge in [0.25, 0.3) is 0 Å². The van der Waals surface area contributed by atoms with Gasteiger partial charge in [-0.2, -0.15) is 0 Å². The maximum absolute atomic E-state index is 9.56. The molecule has 2 N–H and O–H groups in total. The number of piperidine rings is 1. The topological polar surface area (TPSA) is 39.3 Å². The first kappa shape index (κ1) is 17.2. The first-order valence-corrected chi connectivity index (χ1v) is 9.86. The molecular weight excluding hydrogens is 320 g/mol. The van der Waals surface area contributed by atoms with Crippen LogP contribution in [0.3, 0.4) is 0 Å². The van der Waals surface area contributed by atoms with E-state index in [0.29, 0.717) is 5.75 Å². The number of aromatic nitrogens is 1. The van der Waals surface area contributed by atoms with E-state index in [1.54, 1.807) is 12.1 Å². The molecule has 0 bridgehead atoms. The zero-order valence-electron chi connectivity index (χ0n) is 15.3. The van der Waals surface area contributed by atoms with Gasteiger partial charge in [0, 0.05) is 23.2 Å². The number of aryl methyl sites for hydroxylation is 1. The van der Waals surface area contributed by atoms with Gasteiger partial charge in [-0.3, -0.25) is 0 Å². The van der Waals surface area contributed by atoms with E-state index in [4.69, 9.17) is 0 Å². The van der Waals surface area contributed by atoms with Gasteiger partial charge in [-0.25, -0.2) is 0 Å². The second kappa shape index (κ2) is 7.96. The van der Waals surface area contributed by atoms with E-state index in [1.807, 2.05) is 6.07 Å². The van der Waals surface area contributed by atoms with Crippen molar-refractivity contribution in [3.63, 3.8) is 0 Å². The standard InChI is InChI=1S/C23H28N2O/c26-21-9-10-22-20(17-24-23(22)16-21)8-4-5-13-25-14-11-19(12-15-25)18-6-2-1-3-7-18/h1-3,6-7,9-10,16-17,19,24,26H,4-5,8,11-15H2. The van der Waals surface area contributed by atoms with E-state index in [1.165, 1.54) is 61.8 Å². The van der Waals surface area contributed by atoms with Gasteiger partial charge in [0.2, 0.25) is 0 Å². The summed E-state index contributed by atoms with van der Waals surface area (Å²) in [6.07, 6.45) is 8.24. The average Bonchev–Trinajstić information content (AvgIpc) is 3.08. The number of aromatic hydroxyl groups is 1. The van der Waals surface area contributed by atoms with Crippen LogP contribution in [0.2, 0.25) is 0 Å². The third-order valence-corrected chi connectivity index (χ3v) is 5.78. The van der Waals surface area contributed by atoms with Crippen molar-refractivity contribution >= 4 is 10.9 Å². The van der Waals surface area contributed by atoms with Gasteiger partial charge in [-0.15, -0.1) is 0 Å². The number of aromatic amines is 1. The third kappa shape index (κ3) is 3.94. The molecule has 1 aliphatic rings. The molecule has 0 unspecified atom stereocenters. The normalized spacial score (nSPS) is 16.3. The molecule has 3 heteroatoms. The molecule has 0 spiro atoms. The number of hydrogen-bond acceptors (Lipinski definition) is 2. The molecule has 3 nitrogen and oxygen atoms in total. The number of likely N-dealkylation sites (tertiary alicyclic amines) is 1. The molecule has 1 aromatic heterocycles. The Morgan fingerprint density at radius 3 is 2.62 bits per heavy atom. The molecule has 1 saturated heterocycles. The van der Waals surface area contributed by atoms with Crippen LogP contribution in [0, 0.1) is 0 Å². The van der Waals surface area contributed by atoms with Crippen molar-refractivity contribution < 1.29 is 5.11 Å². The largest absolute Gasteiger partial charge is 0.508 e. The SMILES string of the molecule is Oc1ccc2c(CCCCN3CCC(c4ccccc4)CC3)c[nH]c2c1. The van der Waals surface area contributed by atoms with Crippen molar-refractivity contribution in [2.24, 2.45) is 0 Å². The van der Waals surface area contributed by atoms with Gasteiger partial charge in [-0.05, 0) is 80.9 Å². The van der Waals surface area contributed by atoms with E-state index in [2.05, 4.69) is 46.4 Å². The summed E-state index contributed by atoms with van der Waals surface area (Å²) < 4.78 is 0. The summed E-state index contributed by atoms with van der Waals surface area (Å²) in [7, 11) is 0. The molecule has 0 atom stereocenters. The van der Waals surface area contributed by atoms with Crippen LogP contribution in [0.5, 0.6) is 5.75 Å². The minimum absolute atomic E-state index is 0.324. The number of hydrogen-bond donors (Lipinski definition) is 2. The van der Waals surface area contributed by atoms with Crippen LogP contribution in [-0.2, 0) is 6.42 Å². The van der Waals surface area contributed by atoms with Crippen molar-refractivity contribution in [2.45, 2.75) is 38.0 Å². The van der Waals surface area contributed by atoms with Crippen LogP contribution < -0.4 is 0 Å². The summed E-state index contributed by atoms with van der Waals surface area (Å²) in [4.78, 5) is 5.90. The maximum atomic E-state index is 9.56. The van der Waals surface area contributed by atoms with Gasteiger partial charge < -0.3 is 15.0 Å². The fourth-order valence-corrected chi connectivity index (χ4v) is 4.25. The third-order valence-electron chi connectivity index (χ3n) is 5.78. The Kier molecular flexibility index (Phi) is 5.26. The Morgan fingerprint density at radius 2 is 1.81 bits per heavy atom. The van der Waals surface area contributed by atoms with Crippen LogP contribution in [0.4, 0.5) is 0 Å². The number of unbranched alkanes of at least 4 members (excludes halogenated alkanes) is 1. The van der Waals surface area contributed by atoms with E-state index in [-0.39, 0.29) is 0 Å². The summed E-state index contributed by atoms with van der Waals surface area (Å²) >= 11 is 0. The van der Waals surface area contributed by atoms with Crippen molar-refractivity contribution in [1.29, 1.82) is 0 Å². The lowest BCUT2D eigenvalue weighted by Gasteiger charge is -2.32. The Hall–Kier alpha value is -2.26. The first-order chi connectivity index (χ1) is 12.8. The summed E-state index contributed by atoms with van der Waals surface area (Å²) in [6, 6.07) is 16.6. The van der Waals surface area contributed by atoms with Crippen molar-refractivity contribution in [3.8, 4) is 5.75 Å². The molecule has 0 saturated carbocycles. The lowest BCUT2D eigenvalue weighted by atomic mass is 9.89. The van der Waals surface area contributed by atoms with Gasteiger partial charge in [-0.1, -0.05) is 30.3 Å². The van der Waals surface area contributed by atoms with Crippen molar-refractivity contribution in [1.82, 2.24) is 9.88 Å². The van der Waals surface area contributed by atoms with Crippen LogP contribution in [-0.4, -0.2) is 34.6 Å². The predicted octanol–water partition coefficient (Wildman–Crippen LogP) is 5.08. The Balaban J connectivity index is 1.21. The summed E-state index contributed by atoms with van der Waals surface area (Å²) in [6.45, 7) is 3.67.